The first kappa shape index (κ1) is 7.06. The number of fused-ring (bicyclic) bond motifs is 2. The van der Waals surface area contributed by atoms with Crippen molar-refractivity contribution in [3.05, 3.63) is 40.1 Å². The Morgan fingerprint density at radius 2 is 2.31 bits per heavy atom. The van der Waals surface area contributed by atoms with Gasteiger partial charge in [0.2, 0.25) is 0 Å². The summed E-state index contributed by atoms with van der Waals surface area (Å²) < 4.78 is 0. The fraction of sp³-hybridized carbons (Fsp3) is 0.400. The first-order chi connectivity index (χ1) is 6.32. The summed E-state index contributed by atoms with van der Waals surface area (Å²) in [5.74, 6) is 0. The van der Waals surface area contributed by atoms with Gasteiger partial charge in [-0.05, 0) is 19.3 Å². The molecule has 2 aliphatic rings. The Bertz CT molecular complexity index is 440. The Balaban J connectivity index is 2.30. The SMILES string of the molecule is O=c1[nH]cnc2c1CC=CC21CC1. The molecule has 66 valence electrons. The van der Waals surface area contributed by atoms with Gasteiger partial charge in [0.1, 0.15) is 0 Å². The molecule has 0 radical (unpaired) electrons. The van der Waals surface area contributed by atoms with Crippen molar-refractivity contribution in [1.29, 1.82) is 0 Å². The molecular weight excluding hydrogens is 164 g/mol. The van der Waals surface area contributed by atoms with E-state index in [0.29, 0.717) is 0 Å². The molecule has 0 atom stereocenters. The second-order valence-electron chi connectivity index (χ2n) is 3.82. The molecule has 1 saturated carbocycles. The van der Waals surface area contributed by atoms with Crippen LogP contribution in [0.4, 0.5) is 0 Å². The lowest BCUT2D eigenvalue weighted by atomic mass is 9.91. The van der Waals surface area contributed by atoms with Crippen molar-refractivity contribution in [2.24, 2.45) is 0 Å². The Labute approximate surface area is 75.5 Å². The first-order valence-corrected chi connectivity index (χ1v) is 4.57. The largest absolute Gasteiger partial charge is 0.313 e. The van der Waals surface area contributed by atoms with Crippen molar-refractivity contribution < 1.29 is 0 Å². The van der Waals surface area contributed by atoms with E-state index in [1.54, 1.807) is 0 Å². The number of hydrogen-bond donors (Lipinski definition) is 1. The second kappa shape index (κ2) is 2.10. The van der Waals surface area contributed by atoms with Crippen molar-refractivity contribution >= 4 is 0 Å². The fourth-order valence-electron chi connectivity index (χ4n) is 2.07. The van der Waals surface area contributed by atoms with Crippen LogP contribution in [0.1, 0.15) is 24.1 Å². The van der Waals surface area contributed by atoms with Gasteiger partial charge in [0.15, 0.2) is 0 Å². The van der Waals surface area contributed by atoms with Crippen molar-refractivity contribution in [3.8, 4) is 0 Å². The highest BCUT2D eigenvalue weighted by Gasteiger charge is 2.46. The third-order valence-electron chi connectivity index (χ3n) is 2.97. The Morgan fingerprint density at radius 1 is 1.46 bits per heavy atom. The average Bonchev–Trinajstić information content (AvgIpc) is 2.89. The van der Waals surface area contributed by atoms with Crippen LogP contribution in [-0.4, -0.2) is 9.97 Å². The summed E-state index contributed by atoms with van der Waals surface area (Å²) in [6, 6.07) is 0. The maximum atomic E-state index is 11.4. The predicted octanol–water partition coefficient (Wildman–Crippen LogP) is 0.914. The van der Waals surface area contributed by atoms with Crippen LogP contribution in [0.2, 0.25) is 0 Å². The van der Waals surface area contributed by atoms with Crippen LogP contribution in [-0.2, 0) is 11.8 Å². The van der Waals surface area contributed by atoms with E-state index < -0.39 is 0 Å². The molecule has 0 aromatic carbocycles. The molecule has 0 unspecified atom stereocenters. The van der Waals surface area contributed by atoms with Crippen LogP contribution < -0.4 is 5.56 Å². The van der Waals surface area contributed by atoms with E-state index in [1.807, 2.05) is 0 Å². The molecule has 1 heterocycles. The summed E-state index contributed by atoms with van der Waals surface area (Å²) in [7, 11) is 0. The summed E-state index contributed by atoms with van der Waals surface area (Å²) in [5, 5.41) is 0. The molecule has 0 bridgehead atoms. The monoisotopic (exact) mass is 174 g/mol. The Morgan fingerprint density at radius 3 is 3.08 bits per heavy atom. The van der Waals surface area contributed by atoms with E-state index >= 15 is 0 Å². The maximum Gasteiger partial charge on any atom is 0.254 e. The lowest BCUT2D eigenvalue weighted by Gasteiger charge is -2.16. The van der Waals surface area contributed by atoms with Gasteiger partial charge in [-0.15, -0.1) is 0 Å². The van der Waals surface area contributed by atoms with E-state index in [2.05, 4.69) is 22.1 Å². The summed E-state index contributed by atoms with van der Waals surface area (Å²) >= 11 is 0. The van der Waals surface area contributed by atoms with Gasteiger partial charge in [0.05, 0.1) is 12.0 Å². The minimum Gasteiger partial charge on any atom is -0.313 e. The van der Waals surface area contributed by atoms with Gasteiger partial charge in [-0.3, -0.25) is 4.79 Å². The quantitative estimate of drug-likeness (QED) is 0.594. The molecular formula is C10H10N2O. The minimum atomic E-state index is 0.0284. The predicted molar refractivity (Wildman–Crippen MR) is 48.6 cm³/mol. The summed E-state index contributed by atoms with van der Waals surface area (Å²) in [4.78, 5) is 18.4. The van der Waals surface area contributed by atoms with Gasteiger partial charge in [0.25, 0.3) is 5.56 Å². The number of nitrogens with one attached hydrogen (secondary N) is 1. The van der Waals surface area contributed by atoms with Crippen LogP contribution in [0.15, 0.2) is 23.3 Å². The van der Waals surface area contributed by atoms with Crippen LogP contribution in [0.3, 0.4) is 0 Å². The topological polar surface area (TPSA) is 45.8 Å². The maximum absolute atomic E-state index is 11.4. The van der Waals surface area contributed by atoms with Crippen LogP contribution in [0.25, 0.3) is 0 Å². The van der Waals surface area contributed by atoms with Crippen molar-refractivity contribution in [2.45, 2.75) is 24.7 Å². The van der Waals surface area contributed by atoms with Crippen molar-refractivity contribution in [1.82, 2.24) is 9.97 Å². The smallest absolute Gasteiger partial charge is 0.254 e. The molecule has 1 N–H and O–H groups in total. The molecule has 13 heavy (non-hydrogen) atoms. The molecule has 1 spiro atoms. The highest BCUT2D eigenvalue weighted by atomic mass is 16.1. The standard InChI is InChI=1S/C10H10N2O/c13-9-7-2-1-3-10(4-5-10)8(7)11-6-12-9/h1,3,6H,2,4-5H2,(H,11,12,13). The summed E-state index contributed by atoms with van der Waals surface area (Å²) in [5.41, 5.74) is 2.05. The number of H-pyrrole nitrogens is 1. The van der Waals surface area contributed by atoms with Crippen LogP contribution in [0.5, 0.6) is 0 Å². The van der Waals surface area contributed by atoms with Gasteiger partial charge in [0, 0.05) is 11.0 Å². The first-order valence-electron chi connectivity index (χ1n) is 4.57. The Hall–Kier alpha value is -1.38. The zero-order valence-electron chi connectivity index (χ0n) is 7.21. The number of allylic oxidation sites excluding steroid dienone is 2. The highest BCUT2D eigenvalue weighted by Crippen LogP contribution is 2.50. The van der Waals surface area contributed by atoms with E-state index in [4.69, 9.17) is 0 Å². The van der Waals surface area contributed by atoms with Gasteiger partial charge < -0.3 is 4.98 Å². The molecule has 0 saturated heterocycles. The van der Waals surface area contributed by atoms with Gasteiger partial charge >= 0.3 is 0 Å². The molecule has 1 aromatic rings. The van der Waals surface area contributed by atoms with Crippen molar-refractivity contribution in [2.75, 3.05) is 0 Å². The fourth-order valence-corrected chi connectivity index (χ4v) is 2.07. The number of nitrogens with zero attached hydrogens (tertiary/aromatic N) is 1. The third kappa shape index (κ3) is 0.842. The van der Waals surface area contributed by atoms with Gasteiger partial charge in [-0.2, -0.15) is 0 Å². The zero-order valence-corrected chi connectivity index (χ0v) is 7.21. The van der Waals surface area contributed by atoms with E-state index in [9.17, 15) is 4.79 Å². The van der Waals surface area contributed by atoms with E-state index in [0.717, 1.165) is 30.5 Å². The van der Waals surface area contributed by atoms with Gasteiger partial charge in [-0.1, -0.05) is 12.2 Å². The molecule has 0 aliphatic heterocycles. The van der Waals surface area contributed by atoms with Crippen molar-refractivity contribution in [3.63, 3.8) is 0 Å². The minimum absolute atomic E-state index is 0.0284. The summed E-state index contributed by atoms with van der Waals surface area (Å²) in [6.45, 7) is 0. The van der Waals surface area contributed by atoms with Crippen LogP contribution >= 0.6 is 0 Å². The average molecular weight is 174 g/mol. The molecule has 3 heteroatoms. The normalized spacial score (nSPS) is 21.5. The second-order valence-corrected chi connectivity index (χ2v) is 3.82. The molecule has 1 aromatic heterocycles. The summed E-state index contributed by atoms with van der Waals surface area (Å²) in [6.07, 6.45) is 8.84. The van der Waals surface area contributed by atoms with Crippen LogP contribution in [0, 0.1) is 0 Å². The van der Waals surface area contributed by atoms with Gasteiger partial charge in [-0.25, -0.2) is 4.98 Å². The van der Waals surface area contributed by atoms with E-state index in [-0.39, 0.29) is 11.0 Å². The molecule has 3 rings (SSSR count). The number of aromatic amines is 1. The number of hydrogen-bond acceptors (Lipinski definition) is 2. The molecule has 2 aliphatic carbocycles. The number of rotatable bonds is 0. The highest BCUT2D eigenvalue weighted by molar-refractivity contribution is 5.41. The molecule has 3 nitrogen and oxygen atoms in total. The van der Waals surface area contributed by atoms with E-state index in [1.165, 1.54) is 6.33 Å². The molecule has 1 fully saturated rings. The lowest BCUT2D eigenvalue weighted by molar-refractivity contribution is 0.773. The zero-order chi connectivity index (χ0) is 8.89. The Kier molecular flexibility index (Phi) is 1.14. The third-order valence-corrected chi connectivity index (χ3v) is 2.97. The lowest BCUT2D eigenvalue weighted by Crippen LogP contribution is -2.23. The molecule has 0 amide bonds. The number of aromatic nitrogens is 2.